The maximum atomic E-state index is 11.0. The van der Waals surface area contributed by atoms with E-state index in [2.05, 4.69) is 5.32 Å². The fraction of sp³-hybridized carbons (Fsp3) is 0.778. The van der Waals surface area contributed by atoms with Crippen LogP contribution in [-0.4, -0.2) is 43.1 Å². The lowest BCUT2D eigenvalue weighted by Gasteiger charge is -2.08. The van der Waals surface area contributed by atoms with E-state index in [1.54, 1.807) is 14.0 Å². The van der Waals surface area contributed by atoms with Crippen molar-refractivity contribution in [3.8, 4) is 0 Å². The topological polar surface area (TPSA) is 58.6 Å². The van der Waals surface area contributed by atoms with E-state index in [0.29, 0.717) is 25.9 Å². The van der Waals surface area contributed by atoms with Gasteiger partial charge in [0, 0.05) is 26.4 Å². The molecule has 0 bridgehead atoms. The molecule has 0 aromatic carbocycles. The molecule has 0 saturated carbocycles. The van der Waals surface area contributed by atoms with Crippen LogP contribution < -0.4 is 5.32 Å². The number of carbonyl (C=O) groups is 2. The van der Waals surface area contributed by atoms with Gasteiger partial charge in [-0.2, -0.15) is 0 Å². The van der Waals surface area contributed by atoms with Gasteiger partial charge in [-0.1, -0.05) is 6.92 Å². The molecule has 0 aliphatic carbocycles. The number of cyclic esters (lactones) is 1. The van der Waals surface area contributed by atoms with E-state index < -0.39 is 0 Å². The summed E-state index contributed by atoms with van der Waals surface area (Å²) in [6.45, 7) is 2.98. The minimum absolute atomic E-state index is 0.0303. The summed E-state index contributed by atoms with van der Waals surface area (Å²) in [5.74, 6) is 0.0303. The van der Waals surface area contributed by atoms with Crippen molar-refractivity contribution in [1.82, 2.24) is 10.2 Å². The molecule has 1 atom stereocenters. The summed E-state index contributed by atoms with van der Waals surface area (Å²) >= 11 is 0. The van der Waals surface area contributed by atoms with Crippen molar-refractivity contribution >= 4 is 12.0 Å². The number of rotatable bonds is 4. The van der Waals surface area contributed by atoms with Crippen molar-refractivity contribution in [2.45, 2.75) is 25.9 Å². The molecule has 2 amide bonds. The minimum atomic E-state index is -0.281. The average Bonchev–Trinajstić information content (AvgIpc) is 2.46. The Hall–Kier alpha value is -1.26. The van der Waals surface area contributed by atoms with Crippen LogP contribution in [0, 0.1) is 0 Å². The summed E-state index contributed by atoms with van der Waals surface area (Å²) in [6, 6.07) is 0. The van der Waals surface area contributed by atoms with Gasteiger partial charge in [0.05, 0.1) is 6.54 Å². The quantitative estimate of drug-likeness (QED) is 0.712. The number of nitrogens with one attached hydrogen (secondary N) is 1. The molecule has 1 aliphatic rings. The molecule has 1 N–H and O–H groups in total. The molecule has 0 radical (unpaired) electrons. The number of ether oxygens (including phenoxy) is 1. The minimum Gasteiger partial charge on any atom is -0.444 e. The van der Waals surface area contributed by atoms with Crippen molar-refractivity contribution < 1.29 is 14.3 Å². The van der Waals surface area contributed by atoms with E-state index in [1.807, 2.05) is 0 Å². The highest BCUT2D eigenvalue weighted by molar-refractivity contribution is 5.75. The van der Waals surface area contributed by atoms with Crippen LogP contribution in [0.15, 0.2) is 0 Å². The average molecular weight is 200 g/mol. The summed E-state index contributed by atoms with van der Waals surface area (Å²) < 4.78 is 5.02. The Bertz CT molecular complexity index is 230. The molecule has 0 aromatic heterocycles. The molecule has 1 aliphatic heterocycles. The van der Waals surface area contributed by atoms with E-state index in [9.17, 15) is 9.59 Å². The Morgan fingerprint density at radius 2 is 2.43 bits per heavy atom. The Labute approximate surface area is 83.4 Å². The van der Waals surface area contributed by atoms with Gasteiger partial charge in [0.15, 0.2) is 0 Å². The van der Waals surface area contributed by atoms with E-state index >= 15 is 0 Å². The fourth-order valence-electron chi connectivity index (χ4n) is 1.30. The third-order valence-corrected chi connectivity index (χ3v) is 2.17. The molecule has 1 unspecified atom stereocenters. The summed E-state index contributed by atoms with van der Waals surface area (Å²) in [6.07, 6.45) is 0.813. The predicted molar refractivity (Wildman–Crippen MR) is 50.8 cm³/mol. The summed E-state index contributed by atoms with van der Waals surface area (Å²) in [4.78, 5) is 23.4. The van der Waals surface area contributed by atoms with Gasteiger partial charge < -0.3 is 15.0 Å². The Morgan fingerprint density at radius 1 is 1.71 bits per heavy atom. The van der Waals surface area contributed by atoms with E-state index in [1.165, 1.54) is 4.90 Å². The lowest BCUT2D eigenvalue weighted by molar-refractivity contribution is -0.120. The summed E-state index contributed by atoms with van der Waals surface area (Å²) in [5.41, 5.74) is 0. The zero-order valence-corrected chi connectivity index (χ0v) is 8.58. The molecule has 5 nitrogen and oxygen atoms in total. The van der Waals surface area contributed by atoms with Gasteiger partial charge in [-0.15, -0.1) is 0 Å². The normalized spacial score (nSPS) is 20.9. The van der Waals surface area contributed by atoms with Gasteiger partial charge in [0.25, 0.3) is 0 Å². The summed E-state index contributed by atoms with van der Waals surface area (Å²) in [7, 11) is 1.70. The third kappa shape index (κ3) is 2.90. The SMILES string of the molecule is CCC(=O)NCCC1CN(C)C(=O)O1. The highest BCUT2D eigenvalue weighted by atomic mass is 16.6. The van der Waals surface area contributed by atoms with Crippen LogP contribution in [0.2, 0.25) is 0 Å². The highest BCUT2D eigenvalue weighted by Gasteiger charge is 2.27. The molecule has 0 aromatic rings. The van der Waals surface area contributed by atoms with Gasteiger partial charge in [-0.25, -0.2) is 4.79 Å². The van der Waals surface area contributed by atoms with Gasteiger partial charge in [-0.05, 0) is 0 Å². The first-order chi connectivity index (χ1) is 6.63. The standard InChI is InChI=1S/C9H16N2O3/c1-3-8(12)10-5-4-7-6-11(2)9(13)14-7/h7H,3-6H2,1-2H3,(H,10,12). The largest absolute Gasteiger partial charge is 0.444 e. The molecule has 14 heavy (non-hydrogen) atoms. The molecule has 0 spiro atoms. The fourth-order valence-corrected chi connectivity index (χ4v) is 1.30. The van der Waals surface area contributed by atoms with Crippen molar-refractivity contribution in [3.63, 3.8) is 0 Å². The zero-order chi connectivity index (χ0) is 10.6. The first-order valence-corrected chi connectivity index (χ1v) is 4.82. The number of amides is 2. The van der Waals surface area contributed by atoms with Gasteiger partial charge in [0.1, 0.15) is 6.10 Å². The smallest absolute Gasteiger partial charge is 0.409 e. The maximum absolute atomic E-state index is 11.0. The van der Waals surface area contributed by atoms with Crippen LogP contribution in [0.4, 0.5) is 4.79 Å². The molecule has 1 heterocycles. The van der Waals surface area contributed by atoms with Crippen LogP contribution in [0.3, 0.4) is 0 Å². The van der Waals surface area contributed by atoms with Gasteiger partial charge in [0.2, 0.25) is 5.91 Å². The Kier molecular flexibility index (Phi) is 3.73. The van der Waals surface area contributed by atoms with Gasteiger partial charge in [-0.3, -0.25) is 4.79 Å². The second kappa shape index (κ2) is 4.83. The van der Waals surface area contributed by atoms with Gasteiger partial charge >= 0.3 is 6.09 Å². The first kappa shape index (κ1) is 10.8. The Balaban J connectivity index is 2.14. The third-order valence-electron chi connectivity index (χ3n) is 2.17. The highest BCUT2D eigenvalue weighted by Crippen LogP contribution is 2.10. The Morgan fingerprint density at radius 3 is 2.93 bits per heavy atom. The number of hydrogen-bond donors (Lipinski definition) is 1. The molecule has 1 fully saturated rings. The van der Waals surface area contributed by atoms with Crippen molar-refractivity contribution in [2.24, 2.45) is 0 Å². The second-order valence-corrected chi connectivity index (χ2v) is 3.38. The van der Waals surface area contributed by atoms with E-state index in [0.717, 1.165) is 0 Å². The number of carbonyl (C=O) groups excluding carboxylic acids is 2. The zero-order valence-electron chi connectivity index (χ0n) is 8.58. The van der Waals surface area contributed by atoms with Crippen LogP contribution in [0.5, 0.6) is 0 Å². The lowest BCUT2D eigenvalue weighted by atomic mass is 10.2. The van der Waals surface area contributed by atoms with E-state index in [-0.39, 0.29) is 18.1 Å². The number of hydrogen-bond acceptors (Lipinski definition) is 3. The maximum Gasteiger partial charge on any atom is 0.409 e. The molecule has 1 saturated heterocycles. The van der Waals surface area contributed by atoms with E-state index in [4.69, 9.17) is 4.74 Å². The second-order valence-electron chi connectivity index (χ2n) is 3.38. The van der Waals surface area contributed by atoms with Crippen LogP contribution in [-0.2, 0) is 9.53 Å². The predicted octanol–water partition coefficient (Wildman–Crippen LogP) is 0.353. The lowest BCUT2D eigenvalue weighted by Crippen LogP contribution is -2.27. The van der Waals surface area contributed by atoms with Crippen LogP contribution in [0.1, 0.15) is 19.8 Å². The van der Waals surface area contributed by atoms with Crippen molar-refractivity contribution in [2.75, 3.05) is 20.1 Å². The molecule has 1 rings (SSSR count). The first-order valence-electron chi connectivity index (χ1n) is 4.82. The monoisotopic (exact) mass is 200 g/mol. The molecular weight excluding hydrogens is 184 g/mol. The molecule has 5 heteroatoms. The molecule has 80 valence electrons. The number of nitrogens with zero attached hydrogens (tertiary/aromatic N) is 1. The van der Waals surface area contributed by atoms with Crippen LogP contribution in [0.25, 0.3) is 0 Å². The molecular formula is C9H16N2O3. The van der Waals surface area contributed by atoms with Crippen molar-refractivity contribution in [1.29, 1.82) is 0 Å². The van der Waals surface area contributed by atoms with Crippen molar-refractivity contribution in [3.05, 3.63) is 0 Å². The van der Waals surface area contributed by atoms with Crippen LogP contribution >= 0.6 is 0 Å². The summed E-state index contributed by atoms with van der Waals surface area (Å²) in [5, 5.41) is 2.74. The number of likely N-dealkylation sites (N-methyl/N-ethyl adjacent to an activating group) is 1.